The van der Waals surface area contributed by atoms with Gasteiger partial charge in [0.05, 0.1) is 14.2 Å². The fraction of sp³-hybridized carbons (Fsp3) is 0.250. The van der Waals surface area contributed by atoms with E-state index in [2.05, 4.69) is 0 Å². The van der Waals surface area contributed by atoms with Gasteiger partial charge in [-0.3, -0.25) is 4.79 Å². The van der Waals surface area contributed by atoms with Crippen molar-refractivity contribution in [2.45, 2.75) is 12.5 Å². The van der Waals surface area contributed by atoms with Gasteiger partial charge in [-0.1, -0.05) is 11.6 Å². The van der Waals surface area contributed by atoms with Crippen LogP contribution in [0.1, 0.15) is 23.0 Å². The van der Waals surface area contributed by atoms with Gasteiger partial charge in [0.2, 0.25) is 0 Å². The number of ketones is 1. The largest absolute Gasteiger partial charge is 0.507 e. The predicted molar refractivity (Wildman–Crippen MR) is 84.5 cm³/mol. The van der Waals surface area contributed by atoms with E-state index in [9.17, 15) is 19.8 Å². The molecule has 0 saturated heterocycles. The van der Waals surface area contributed by atoms with Gasteiger partial charge in [0, 0.05) is 17.0 Å². The Bertz CT molecular complexity index is 969. The van der Waals surface area contributed by atoms with Gasteiger partial charge in [0.25, 0.3) is 5.78 Å². The number of aliphatic hydroxyl groups is 1. The van der Waals surface area contributed by atoms with Crippen LogP contribution in [-0.2, 0) is 10.3 Å². The number of allylic oxidation sites excluding steroid dienone is 1. The zero-order valence-corrected chi connectivity index (χ0v) is 13.7. The number of carbonyl (C=O) groups is 1. The van der Waals surface area contributed by atoms with Crippen molar-refractivity contribution in [2.75, 3.05) is 14.2 Å². The Kier molecular flexibility index (Phi) is 3.58. The topological polar surface area (TPSA) is 106 Å². The summed E-state index contributed by atoms with van der Waals surface area (Å²) in [6, 6.07) is 2.64. The lowest BCUT2D eigenvalue weighted by Gasteiger charge is -2.30. The van der Waals surface area contributed by atoms with E-state index in [4.69, 9.17) is 25.5 Å². The maximum absolute atomic E-state index is 12.5. The zero-order valence-electron chi connectivity index (χ0n) is 13.0. The molecule has 1 unspecified atom stereocenters. The molecule has 2 N–H and O–H groups in total. The maximum atomic E-state index is 12.5. The van der Waals surface area contributed by atoms with E-state index in [-0.39, 0.29) is 32.9 Å². The first-order chi connectivity index (χ1) is 11.2. The number of phenolic OH excluding ortho intramolecular Hbond substituents is 1. The first-order valence-electron chi connectivity index (χ1n) is 6.83. The summed E-state index contributed by atoms with van der Waals surface area (Å²) in [5.41, 5.74) is -2.84. The van der Waals surface area contributed by atoms with Crippen molar-refractivity contribution in [2.24, 2.45) is 0 Å². The molecule has 8 heteroatoms. The van der Waals surface area contributed by atoms with Gasteiger partial charge >= 0.3 is 5.63 Å². The number of Topliss-reactive ketones (excluding diaryl/α,β-unsaturated/α-hetero) is 1. The fourth-order valence-corrected chi connectivity index (χ4v) is 3.06. The second-order valence-electron chi connectivity index (χ2n) is 5.41. The molecule has 126 valence electrons. The summed E-state index contributed by atoms with van der Waals surface area (Å²) in [5, 5.41) is 20.6. The summed E-state index contributed by atoms with van der Waals surface area (Å²) < 4.78 is 15.1. The molecule has 1 atom stereocenters. The highest BCUT2D eigenvalue weighted by Crippen LogP contribution is 2.45. The van der Waals surface area contributed by atoms with Crippen molar-refractivity contribution in [3.63, 3.8) is 0 Å². The lowest BCUT2D eigenvalue weighted by atomic mass is 9.84. The SMILES string of the molecule is COC1=C(Cl)C(C)(O)c2c(oc(=O)c3c(O)cc(OC)cc23)C1=O. The van der Waals surface area contributed by atoms with Crippen molar-refractivity contribution >= 4 is 28.2 Å². The molecule has 0 bridgehead atoms. The summed E-state index contributed by atoms with van der Waals surface area (Å²) in [5.74, 6) is -1.66. The van der Waals surface area contributed by atoms with Crippen LogP contribution in [0, 0.1) is 0 Å². The monoisotopic (exact) mass is 352 g/mol. The molecule has 0 aliphatic heterocycles. The Morgan fingerprint density at radius 3 is 2.46 bits per heavy atom. The molecule has 1 aromatic heterocycles. The molecule has 3 rings (SSSR count). The van der Waals surface area contributed by atoms with E-state index in [1.54, 1.807) is 0 Å². The number of aromatic hydroxyl groups is 1. The summed E-state index contributed by atoms with van der Waals surface area (Å²) >= 11 is 6.12. The number of halogens is 1. The predicted octanol–water partition coefficient (Wildman–Crippen LogP) is 2.01. The normalized spacial score (nSPS) is 20.3. The van der Waals surface area contributed by atoms with Crippen LogP contribution in [0.4, 0.5) is 0 Å². The Balaban J connectivity index is 2.55. The molecule has 1 aromatic carbocycles. The summed E-state index contributed by atoms with van der Waals surface area (Å²) in [4.78, 5) is 24.7. The fourth-order valence-electron chi connectivity index (χ4n) is 2.81. The number of ether oxygens (including phenoxy) is 2. The smallest absolute Gasteiger partial charge is 0.348 e. The van der Waals surface area contributed by atoms with Crippen LogP contribution in [0.25, 0.3) is 10.8 Å². The molecule has 1 aliphatic carbocycles. The van der Waals surface area contributed by atoms with Crippen molar-refractivity contribution in [1.82, 2.24) is 0 Å². The average Bonchev–Trinajstić information content (AvgIpc) is 2.52. The number of phenols is 1. The number of benzene rings is 1. The molecular formula is C16H13ClO7. The van der Waals surface area contributed by atoms with Crippen LogP contribution in [0.2, 0.25) is 0 Å². The van der Waals surface area contributed by atoms with Gasteiger partial charge in [0.15, 0.2) is 11.5 Å². The Hall–Kier alpha value is -2.51. The first kappa shape index (κ1) is 16.4. The standard InChI is InChI=1S/C16H13ClO7/c1-16(21)10-7-4-6(22-2)5-8(18)9(7)15(20)24-12(10)11(19)13(23-3)14(16)17/h4-5,18,21H,1-3H3. The number of methoxy groups -OCH3 is 2. The van der Waals surface area contributed by atoms with Crippen molar-refractivity contribution in [3.05, 3.63) is 44.7 Å². The Labute approximate surface area is 140 Å². The minimum absolute atomic E-state index is 0.0397. The molecule has 0 fully saturated rings. The van der Waals surface area contributed by atoms with Crippen LogP contribution in [0.3, 0.4) is 0 Å². The molecule has 24 heavy (non-hydrogen) atoms. The minimum atomic E-state index is -1.87. The van der Waals surface area contributed by atoms with E-state index in [0.29, 0.717) is 0 Å². The third-order valence-corrected chi connectivity index (χ3v) is 4.49. The molecule has 0 amide bonds. The third kappa shape index (κ3) is 2.02. The summed E-state index contributed by atoms with van der Waals surface area (Å²) in [6.45, 7) is 1.33. The number of fused-ring (bicyclic) bond motifs is 3. The molecule has 1 aliphatic rings. The van der Waals surface area contributed by atoms with Crippen LogP contribution in [0.5, 0.6) is 11.5 Å². The van der Waals surface area contributed by atoms with Crippen molar-refractivity contribution in [3.8, 4) is 11.5 Å². The van der Waals surface area contributed by atoms with Gasteiger partial charge in [-0.15, -0.1) is 0 Å². The molecule has 7 nitrogen and oxygen atoms in total. The van der Waals surface area contributed by atoms with E-state index < -0.39 is 28.5 Å². The molecule has 0 radical (unpaired) electrons. The molecule has 2 aromatic rings. The number of hydrogen-bond acceptors (Lipinski definition) is 7. The summed E-state index contributed by atoms with van der Waals surface area (Å²) in [7, 11) is 2.59. The van der Waals surface area contributed by atoms with Gasteiger partial charge in [0.1, 0.15) is 27.5 Å². The van der Waals surface area contributed by atoms with Gasteiger partial charge < -0.3 is 24.1 Å². The average molecular weight is 353 g/mol. The number of carbonyl (C=O) groups excluding carboxylic acids is 1. The molecule has 0 spiro atoms. The molecular weight excluding hydrogens is 340 g/mol. The lowest BCUT2D eigenvalue weighted by molar-refractivity contribution is 0.0725. The zero-order chi connectivity index (χ0) is 17.8. The summed E-state index contributed by atoms with van der Waals surface area (Å²) in [6.07, 6.45) is 0. The van der Waals surface area contributed by atoms with Gasteiger partial charge in [-0.05, 0) is 13.0 Å². The van der Waals surface area contributed by atoms with Crippen LogP contribution in [0.15, 0.2) is 32.1 Å². The van der Waals surface area contributed by atoms with Crippen LogP contribution < -0.4 is 10.4 Å². The Morgan fingerprint density at radius 2 is 1.88 bits per heavy atom. The first-order valence-corrected chi connectivity index (χ1v) is 7.21. The van der Waals surface area contributed by atoms with E-state index in [0.717, 1.165) is 0 Å². The number of hydrogen-bond donors (Lipinski definition) is 2. The highest BCUT2D eigenvalue weighted by atomic mass is 35.5. The van der Waals surface area contributed by atoms with Crippen molar-refractivity contribution < 1.29 is 28.9 Å². The quantitative estimate of drug-likeness (QED) is 0.851. The van der Waals surface area contributed by atoms with Crippen LogP contribution in [-0.4, -0.2) is 30.2 Å². The van der Waals surface area contributed by atoms with Gasteiger partial charge in [-0.25, -0.2) is 4.79 Å². The second-order valence-corrected chi connectivity index (χ2v) is 5.79. The second kappa shape index (κ2) is 5.25. The van der Waals surface area contributed by atoms with E-state index in [1.165, 1.54) is 33.3 Å². The maximum Gasteiger partial charge on any atom is 0.348 e. The molecule has 0 saturated carbocycles. The molecule has 1 heterocycles. The Morgan fingerprint density at radius 1 is 1.21 bits per heavy atom. The highest BCUT2D eigenvalue weighted by Gasteiger charge is 2.45. The van der Waals surface area contributed by atoms with Gasteiger partial charge in [-0.2, -0.15) is 0 Å². The third-order valence-electron chi connectivity index (χ3n) is 3.95. The van der Waals surface area contributed by atoms with Crippen molar-refractivity contribution in [1.29, 1.82) is 0 Å². The highest BCUT2D eigenvalue weighted by molar-refractivity contribution is 6.34. The minimum Gasteiger partial charge on any atom is -0.507 e. The van der Waals surface area contributed by atoms with Crippen LogP contribution >= 0.6 is 11.6 Å². The number of rotatable bonds is 2. The lowest BCUT2D eigenvalue weighted by Crippen LogP contribution is -2.33. The van der Waals surface area contributed by atoms with E-state index >= 15 is 0 Å². The van der Waals surface area contributed by atoms with E-state index in [1.807, 2.05) is 0 Å².